The first kappa shape index (κ1) is 17.5. The number of halogens is 3. The predicted molar refractivity (Wildman–Crippen MR) is 86.8 cm³/mol. The number of benzene rings is 2. The summed E-state index contributed by atoms with van der Waals surface area (Å²) in [4.78, 5) is 11.8. The summed E-state index contributed by atoms with van der Waals surface area (Å²) in [5, 5.41) is 3.39. The molecule has 1 aliphatic heterocycles. The Bertz CT molecular complexity index is 714. The van der Waals surface area contributed by atoms with E-state index in [9.17, 15) is 18.0 Å². The fourth-order valence-corrected chi connectivity index (χ4v) is 2.95. The molecule has 1 heterocycles. The predicted octanol–water partition coefficient (Wildman–Crippen LogP) is 3.89. The lowest BCUT2D eigenvalue weighted by molar-refractivity contribution is -0.143. The summed E-state index contributed by atoms with van der Waals surface area (Å²) in [6, 6.07) is 14.4. The third kappa shape index (κ3) is 4.60. The summed E-state index contributed by atoms with van der Waals surface area (Å²) in [5.41, 5.74) is 1.08. The highest BCUT2D eigenvalue weighted by Crippen LogP contribution is 2.29. The molecule has 2 aromatic rings. The van der Waals surface area contributed by atoms with Crippen molar-refractivity contribution in [3.05, 3.63) is 71.3 Å². The number of rotatable bonds is 3. The van der Waals surface area contributed by atoms with Crippen LogP contribution >= 0.6 is 0 Å². The highest BCUT2D eigenvalue weighted by molar-refractivity contribution is 5.70. The summed E-state index contributed by atoms with van der Waals surface area (Å²) < 4.78 is 43.2. The minimum Gasteiger partial charge on any atom is -0.464 e. The highest BCUT2D eigenvalue weighted by Gasteiger charge is 2.30. The van der Waals surface area contributed by atoms with E-state index >= 15 is 0 Å². The van der Waals surface area contributed by atoms with E-state index < -0.39 is 11.7 Å². The van der Waals surface area contributed by atoms with Crippen LogP contribution in [0.25, 0.3) is 0 Å². The summed E-state index contributed by atoms with van der Waals surface area (Å²) >= 11 is 0. The molecule has 3 rings (SSSR count). The Labute approximate surface area is 143 Å². The quantitative estimate of drug-likeness (QED) is 0.855. The van der Waals surface area contributed by atoms with Gasteiger partial charge in [-0.3, -0.25) is 4.79 Å². The van der Waals surface area contributed by atoms with Crippen molar-refractivity contribution in [2.24, 2.45) is 0 Å². The lowest BCUT2D eigenvalue weighted by Crippen LogP contribution is -2.34. The monoisotopic (exact) mass is 349 g/mol. The van der Waals surface area contributed by atoms with Crippen LogP contribution in [0.5, 0.6) is 0 Å². The zero-order valence-corrected chi connectivity index (χ0v) is 13.4. The molecule has 1 fully saturated rings. The van der Waals surface area contributed by atoms with Crippen LogP contribution in [-0.2, 0) is 22.1 Å². The van der Waals surface area contributed by atoms with E-state index in [1.165, 1.54) is 12.1 Å². The fraction of sp³-hybridized carbons (Fsp3) is 0.316. The fourth-order valence-electron chi connectivity index (χ4n) is 2.95. The van der Waals surface area contributed by atoms with Crippen molar-refractivity contribution in [2.75, 3.05) is 6.61 Å². The summed E-state index contributed by atoms with van der Waals surface area (Å²) in [5.74, 6) is -0.303. The molecular weight excluding hydrogens is 331 g/mol. The van der Waals surface area contributed by atoms with Gasteiger partial charge in [-0.1, -0.05) is 42.5 Å². The zero-order chi connectivity index (χ0) is 17.9. The first-order valence-electron chi connectivity index (χ1n) is 8.04. The van der Waals surface area contributed by atoms with Crippen molar-refractivity contribution >= 4 is 5.97 Å². The van der Waals surface area contributed by atoms with Crippen molar-refractivity contribution in [2.45, 2.75) is 31.1 Å². The molecule has 132 valence electrons. The molecule has 0 spiro atoms. The van der Waals surface area contributed by atoms with Crippen molar-refractivity contribution in [3.63, 3.8) is 0 Å². The number of ether oxygens (including phenoxy) is 1. The summed E-state index contributed by atoms with van der Waals surface area (Å²) in [6.07, 6.45) is -3.71. The van der Waals surface area contributed by atoms with E-state index in [4.69, 9.17) is 4.74 Å². The van der Waals surface area contributed by atoms with Crippen LogP contribution in [0.2, 0.25) is 0 Å². The van der Waals surface area contributed by atoms with Gasteiger partial charge in [0.15, 0.2) is 0 Å². The smallest absolute Gasteiger partial charge is 0.416 e. The van der Waals surface area contributed by atoms with Gasteiger partial charge in [0.1, 0.15) is 6.61 Å². The molecule has 0 aliphatic carbocycles. The van der Waals surface area contributed by atoms with Gasteiger partial charge in [-0.25, -0.2) is 0 Å². The van der Waals surface area contributed by atoms with E-state index in [-0.39, 0.29) is 31.1 Å². The Hall–Kier alpha value is -2.34. The van der Waals surface area contributed by atoms with Crippen LogP contribution < -0.4 is 5.32 Å². The van der Waals surface area contributed by atoms with Crippen molar-refractivity contribution in [3.8, 4) is 0 Å². The minimum absolute atomic E-state index is 0.132. The molecule has 0 saturated carbocycles. The topological polar surface area (TPSA) is 38.3 Å². The van der Waals surface area contributed by atoms with Crippen molar-refractivity contribution < 1.29 is 22.7 Å². The van der Waals surface area contributed by atoms with Gasteiger partial charge < -0.3 is 10.1 Å². The van der Waals surface area contributed by atoms with Crippen LogP contribution in [0.15, 0.2) is 54.6 Å². The second-order valence-corrected chi connectivity index (χ2v) is 6.11. The van der Waals surface area contributed by atoms with Crippen LogP contribution in [0.4, 0.5) is 13.2 Å². The molecule has 25 heavy (non-hydrogen) atoms. The van der Waals surface area contributed by atoms with Gasteiger partial charge >= 0.3 is 12.1 Å². The first-order chi connectivity index (χ1) is 11.9. The second kappa shape index (κ2) is 7.27. The average Bonchev–Trinajstić information content (AvgIpc) is 2.77. The maximum atomic E-state index is 12.6. The number of hydrogen-bond acceptors (Lipinski definition) is 3. The van der Waals surface area contributed by atoms with E-state index in [1.54, 1.807) is 0 Å². The lowest BCUT2D eigenvalue weighted by Gasteiger charge is -2.21. The molecule has 6 heteroatoms. The number of carbonyl (C=O) groups excluding carboxylic acids is 1. The molecule has 3 nitrogen and oxygen atoms in total. The lowest BCUT2D eigenvalue weighted by atomic mass is 10.00. The Balaban J connectivity index is 1.72. The van der Waals surface area contributed by atoms with E-state index in [0.717, 1.165) is 23.3 Å². The van der Waals surface area contributed by atoms with Gasteiger partial charge in [-0.05, 0) is 29.7 Å². The maximum absolute atomic E-state index is 12.6. The Morgan fingerprint density at radius 2 is 1.72 bits per heavy atom. The SMILES string of the molecule is O=C1CC(Cc2ccc(C(F)(F)F)cc2)NC(c2ccccc2)CO1. The summed E-state index contributed by atoms with van der Waals surface area (Å²) in [6.45, 7) is 0.242. The van der Waals surface area contributed by atoms with Crippen LogP contribution in [0, 0.1) is 0 Å². The molecule has 1 N–H and O–H groups in total. The third-order valence-corrected chi connectivity index (χ3v) is 4.23. The first-order valence-corrected chi connectivity index (χ1v) is 8.04. The number of cyclic esters (lactones) is 1. The summed E-state index contributed by atoms with van der Waals surface area (Å²) in [7, 11) is 0. The number of hydrogen-bond donors (Lipinski definition) is 1. The molecule has 0 aromatic heterocycles. The maximum Gasteiger partial charge on any atom is 0.416 e. The van der Waals surface area contributed by atoms with Gasteiger partial charge in [0, 0.05) is 6.04 Å². The van der Waals surface area contributed by atoms with Crippen molar-refractivity contribution in [1.29, 1.82) is 0 Å². The highest BCUT2D eigenvalue weighted by atomic mass is 19.4. The average molecular weight is 349 g/mol. The van der Waals surface area contributed by atoms with Gasteiger partial charge in [0.2, 0.25) is 0 Å². The Kier molecular flexibility index (Phi) is 5.08. The van der Waals surface area contributed by atoms with Gasteiger partial charge in [-0.2, -0.15) is 13.2 Å². The molecule has 2 atom stereocenters. The molecule has 2 unspecified atom stereocenters. The van der Waals surface area contributed by atoms with E-state index in [1.807, 2.05) is 30.3 Å². The molecule has 2 aromatic carbocycles. The number of alkyl halides is 3. The van der Waals surface area contributed by atoms with E-state index in [0.29, 0.717) is 6.42 Å². The largest absolute Gasteiger partial charge is 0.464 e. The van der Waals surface area contributed by atoms with Crippen molar-refractivity contribution in [1.82, 2.24) is 5.32 Å². The van der Waals surface area contributed by atoms with Crippen LogP contribution in [-0.4, -0.2) is 18.6 Å². The molecular formula is C19H18F3NO2. The Morgan fingerprint density at radius 3 is 2.36 bits per heavy atom. The number of carbonyl (C=O) groups is 1. The van der Waals surface area contributed by atoms with Gasteiger partial charge in [-0.15, -0.1) is 0 Å². The van der Waals surface area contributed by atoms with Gasteiger partial charge in [0.25, 0.3) is 0 Å². The molecule has 0 bridgehead atoms. The molecule has 0 radical (unpaired) electrons. The molecule has 1 aliphatic rings. The second-order valence-electron chi connectivity index (χ2n) is 6.11. The molecule has 0 amide bonds. The standard InChI is InChI=1S/C19H18F3NO2/c20-19(21,22)15-8-6-13(7-9-15)10-16-11-18(24)25-12-17(23-16)14-4-2-1-3-5-14/h1-9,16-17,23H,10-12H2. The Morgan fingerprint density at radius 1 is 1.04 bits per heavy atom. The van der Waals surface area contributed by atoms with Crippen LogP contribution in [0.3, 0.4) is 0 Å². The molecule has 1 saturated heterocycles. The third-order valence-electron chi connectivity index (χ3n) is 4.23. The minimum atomic E-state index is -4.35. The van der Waals surface area contributed by atoms with Crippen LogP contribution in [0.1, 0.15) is 29.2 Å². The number of esters is 1. The number of nitrogens with one attached hydrogen (secondary N) is 1. The van der Waals surface area contributed by atoms with Gasteiger partial charge in [0.05, 0.1) is 18.0 Å². The normalized spacial score (nSPS) is 21.5. The zero-order valence-electron chi connectivity index (χ0n) is 13.4. The van der Waals surface area contributed by atoms with E-state index in [2.05, 4.69) is 5.32 Å².